The van der Waals surface area contributed by atoms with Crippen molar-refractivity contribution in [2.24, 2.45) is 0 Å². The molecule has 1 N–H and O–H groups in total. The highest BCUT2D eigenvalue weighted by Crippen LogP contribution is 2.13. The van der Waals surface area contributed by atoms with Gasteiger partial charge in [0.2, 0.25) is 11.8 Å². The number of unbranched alkanes of at least 4 members (excludes halogenated alkanes) is 2. The lowest BCUT2D eigenvalue weighted by Gasteiger charge is -2.11. The fourth-order valence-electron chi connectivity index (χ4n) is 1.79. The standard InChI is InChI=1S/C15H25N3O3/c1-11(2)21-13-10-12(3)17-15(18-13)16-9-7-5-6-8-14(19)20-4/h10-11H,5-9H2,1-4H3,(H,16,17,18). The minimum Gasteiger partial charge on any atom is -0.475 e. The van der Waals surface area contributed by atoms with Crippen LogP contribution in [0, 0.1) is 6.92 Å². The van der Waals surface area contributed by atoms with E-state index in [0.717, 1.165) is 31.5 Å². The van der Waals surface area contributed by atoms with Crippen LogP contribution in [0.1, 0.15) is 45.2 Å². The van der Waals surface area contributed by atoms with Crippen LogP contribution in [0.3, 0.4) is 0 Å². The minimum absolute atomic E-state index is 0.0884. The van der Waals surface area contributed by atoms with Crippen LogP contribution in [0.25, 0.3) is 0 Å². The third-order valence-corrected chi connectivity index (χ3v) is 2.76. The first-order chi connectivity index (χ1) is 10.0. The van der Waals surface area contributed by atoms with Gasteiger partial charge in [0.25, 0.3) is 0 Å². The third-order valence-electron chi connectivity index (χ3n) is 2.76. The Morgan fingerprint density at radius 1 is 1.29 bits per heavy atom. The summed E-state index contributed by atoms with van der Waals surface area (Å²) >= 11 is 0. The van der Waals surface area contributed by atoms with Gasteiger partial charge in [-0.3, -0.25) is 4.79 Å². The van der Waals surface area contributed by atoms with E-state index in [1.807, 2.05) is 26.8 Å². The van der Waals surface area contributed by atoms with E-state index in [0.29, 0.717) is 18.2 Å². The number of carbonyl (C=O) groups excluding carboxylic acids is 1. The lowest BCUT2D eigenvalue weighted by Crippen LogP contribution is -2.11. The average Bonchev–Trinajstić information content (AvgIpc) is 2.40. The van der Waals surface area contributed by atoms with Crippen molar-refractivity contribution in [2.75, 3.05) is 19.0 Å². The Morgan fingerprint density at radius 2 is 2.05 bits per heavy atom. The number of hydrogen-bond acceptors (Lipinski definition) is 6. The molecule has 21 heavy (non-hydrogen) atoms. The molecular weight excluding hydrogens is 270 g/mol. The maximum atomic E-state index is 11.0. The SMILES string of the molecule is COC(=O)CCCCCNc1nc(C)cc(OC(C)C)n1. The number of aryl methyl sites for hydroxylation is 1. The summed E-state index contributed by atoms with van der Waals surface area (Å²) < 4.78 is 10.2. The topological polar surface area (TPSA) is 73.3 Å². The third kappa shape index (κ3) is 7.48. The zero-order valence-electron chi connectivity index (χ0n) is 13.3. The van der Waals surface area contributed by atoms with Crippen molar-refractivity contribution >= 4 is 11.9 Å². The van der Waals surface area contributed by atoms with Gasteiger partial charge in [-0.1, -0.05) is 6.42 Å². The quantitative estimate of drug-likeness (QED) is 0.558. The average molecular weight is 295 g/mol. The van der Waals surface area contributed by atoms with E-state index in [4.69, 9.17) is 4.74 Å². The van der Waals surface area contributed by atoms with Crippen LogP contribution in [0.15, 0.2) is 6.07 Å². The Morgan fingerprint density at radius 3 is 2.71 bits per heavy atom. The highest BCUT2D eigenvalue weighted by Gasteiger charge is 2.05. The molecule has 1 rings (SSSR count). The Balaban J connectivity index is 2.31. The first kappa shape index (κ1) is 17.2. The highest BCUT2D eigenvalue weighted by atomic mass is 16.5. The molecule has 118 valence electrons. The molecule has 0 radical (unpaired) electrons. The van der Waals surface area contributed by atoms with Gasteiger partial charge >= 0.3 is 5.97 Å². The molecule has 0 bridgehead atoms. The zero-order chi connectivity index (χ0) is 15.7. The van der Waals surface area contributed by atoms with Crippen LogP contribution in [0.2, 0.25) is 0 Å². The zero-order valence-corrected chi connectivity index (χ0v) is 13.3. The fraction of sp³-hybridized carbons (Fsp3) is 0.667. The van der Waals surface area contributed by atoms with E-state index in [-0.39, 0.29) is 12.1 Å². The fourth-order valence-corrected chi connectivity index (χ4v) is 1.79. The minimum atomic E-state index is -0.152. The molecule has 6 nitrogen and oxygen atoms in total. The summed E-state index contributed by atoms with van der Waals surface area (Å²) in [5.41, 5.74) is 0.869. The van der Waals surface area contributed by atoms with E-state index in [1.165, 1.54) is 7.11 Å². The van der Waals surface area contributed by atoms with Crippen LogP contribution in [-0.2, 0) is 9.53 Å². The molecule has 6 heteroatoms. The molecule has 1 aromatic heterocycles. The van der Waals surface area contributed by atoms with Gasteiger partial charge in [0.05, 0.1) is 13.2 Å². The smallest absolute Gasteiger partial charge is 0.305 e. The second-order valence-corrected chi connectivity index (χ2v) is 5.15. The van der Waals surface area contributed by atoms with E-state index in [9.17, 15) is 4.79 Å². The molecule has 0 saturated heterocycles. The predicted molar refractivity (Wildman–Crippen MR) is 81.5 cm³/mol. The lowest BCUT2D eigenvalue weighted by molar-refractivity contribution is -0.140. The van der Waals surface area contributed by atoms with Gasteiger partial charge in [-0.25, -0.2) is 4.98 Å². The van der Waals surface area contributed by atoms with Gasteiger partial charge in [-0.2, -0.15) is 4.98 Å². The van der Waals surface area contributed by atoms with Gasteiger partial charge in [0, 0.05) is 24.7 Å². The van der Waals surface area contributed by atoms with Crippen molar-refractivity contribution < 1.29 is 14.3 Å². The lowest BCUT2D eigenvalue weighted by atomic mass is 10.2. The molecule has 0 saturated carbocycles. The Labute approximate surface area is 126 Å². The molecule has 0 aliphatic carbocycles. The number of nitrogens with one attached hydrogen (secondary N) is 1. The second kappa shape index (κ2) is 9.15. The number of methoxy groups -OCH3 is 1. The largest absolute Gasteiger partial charge is 0.475 e. The van der Waals surface area contributed by atoms with E-state index in [2.05, 4.69) is 20.0 Å². The summed E-state index contributed by atoms with van der Waals surface area (Å²) in [6.45, 7) is 6.61. The normalized spacial score (nSPS) is 10.5. The van der Waals surface area contributed by atoms with E-state index < -0.39 is 0 Å². The second-order valence-electron chi connectivity index (χ2n) is 5.15. The van der Waals surface area contributed by atoms with Crippen molar-refractivity contribution in [3.05, 3.63) is 11.8 Å². The van der Waals surface area contributed by atoms with Crippen LogP contribution in [0.5, 0.6) is 5.88 Å². The first-order valence-electron chi connectivity index (χ1n) is 7.34. The van der Waals surface area contributed by atoms with Crippen LogP contribution >= 0.6 is 0 Å². The number of aromatic nitrogens is 2. The van der Waals surface area contributed by atoms with Crippen molar-refractivity contribution in [3.63, 3.8) is 0 Å². The van der Waals surface area contributed by atoms with Gasteiger partial charge in [-0.05, 0) is 33.6 Å². The number of rotatable bonds is 9. The molecule has 0 amide bonds. The van der Waals surface area contributed by atoms with Crippen molar-refractivity contribution in [1.82, 2.24) is 9.97 Å². The molecule has 0 aliphatic rings. The monoisotopic (exact) mass is 295 g/mol. The molecule has 0 aromatic carbocycles. The van der Waals surface area contributed by atoms with Crippen LogP contribution < -0.4 is 10.1 Å². The Kier molecular flexibility index (Phi) is 7.50. The molecule has 0 unspecified atom stereocenters. The summed E-state index contributed by atoms with van der Waals surface area (Å²) in [5, 5.41) is 3.18. The Hall–Kier alpha value is -1.85. The van der Waals surface area contributed by atoms with Gasteiger partial charge in [0.15, 0.2) is 0 Å². The predicted octanol–water partition coefficient (Wildman–Crippen LogP) is 2.72. The molecule has 0 aliphatic heterocycles. The molecule has 0 atom stereocenters. The molecular formula is C15H25N3O3. The first-order valence-corrected chi connectivity index (χ1v) is 7.34. The van der Waals surface area contributed by atoms with Crippen molar-refractivity contribution in [2.45, 2.75) is 52.6 Å². The maximum absolute atomic E-state index is 11.0. The number of esters is 1. The summed E-state index contributed by atoms with van der Waals surface area (Å²) in [4.78, 5) is 19.6. The summed E-state index contributed by atoms with van der Waals surface area (Å²) in [7, 11) is 1.41. The highest BCUT2D eigenvalue weighted by molar-refractivity contribution is 5.68. The van der Waals surface area contributed by atoms with Crippen molar-refractivity contribution in [1.29, 1.82) is 0 Å². The summed E-state index contributed by atoms with van der Waals surface area (Å²) in [5.74, 6) is 1.02. The van der Waals surface area contributed by atoms with Gasteiger partial charge in [0.1, 0.15) is 0 Å². The van der Waals surface area contributed by atoms with Crippen LogP contribution in [0.4, 0.5) is 5.95 Å². The number of hydrogen-bond donors (Lipinski definition) is 1. The summed E-state index contributed by atoms with van der Waals surface area (Å²) in [6.07, 6.45) is 3.32. The molecule has 1 aromatic rings. The number of carbonyl (C=O) groups is 1. The number of nitrogens with zero attached hydrogens (tertiary/aromatic N) is 2. The maximum Gasteiger partial charge on any atom is 0.305 e. The molecule has 1 heterocycles. The van der Waals surface area contributed by atoms with Gasteiger partial charge in [-0.15, -0.1) is 0 Å². The molecule has 0 spiro atoms. The van der Waals surface area contributed by atoms with E-state index in [1.54, 1.807) is 0 Å². The number of ether oxygens (including phenoxy) is 2. The van der Waals surface area contributed by atoms with Crippen LogP contribution in [-0.4, -0.2) is 35.7 Å². The van der Waals surface area contributed by atoms with E-state index >= 15 is 0 Å². The Bertz CT molecular complexity index is 450. The van der Waals surface area contributed by atoms with Gasteiger partial charge < -0.3 is 14.8 Å². The summed E-state index contributed by atoms with van der Waals surface area (Å²) in [6, 6.07) is 1.82. The molecule has 0 fully saturated rings. The number of anilines is 1. The van der Waals surface area contributed by atoms with Crippen molar-refractivity contribution in [3.8, 4) is 5.88 Å².